The fraction of sp³-hybridized carbons (Fsp3) is 0.125. The van der Waals surface area contributed by atoms with Crippen molar-refractivity contribution in [2.24, 2.45) is 0 Å². The number of nitriles is 1. The second-order valence-corrected chi connectivity index (χ2v) is 4.57. The summed E-state index contributed by atoms with van der Waals surface area (Å²) < 4.78 is 5.11. The highest BCUT2D eigenvalue weighted by molar-refractivity contribution is 5.94. The molecular formula is C16H12N2O4. The van der Waals surface area contributed by atoms with Gasteiger partial charge in [-0.25, -0.2) is 4.79 Å². The summed E-state index contributed by atoms with van der Waals surface area (Å²) >= 11 is 0. The van der Waals surface area contributed by atoms with Crippen molar-refractivity contribution in [2.75, 3.05) is 0 Å². The summed E-state index contributed by atoms with van der Waals surface area (Å²) in [6, 6.07) is 13.2. The van der Waals surface area contributed by atoms with E-state index >= 15 is 0 Å². The summed E-state index contributed by atoms with van der Waals surface area (Å²) in [4.78, 5) is 22.6. The lowest BCUT2D eigenvalue weighted by Crippen LogP contribution is -2.09. The minimum Gasteiger partial charge on any atom is -0.457 e. The van der Waals surface area contributed by atoms with Gasteiger partial charge in [0.15, 0.2) is 0 Å². The fourth-order valence-electron chi connectivity index (χ4n) is 2.04. The number of esters is 1. The molecule has 0 N–H and O–H groups in total. The number of carbonyl (C=O) groups is 1. The minimum atomic E-state index is -0.789. The van der Waals surface area contributed by atoms with Crippen molar-refractivity contribution in [3.63, 3.8) is 0 Å². The molecule has 0 amide bonds. The van der Waals surface area contributed by atoms with Crippen molar-refractivity contribution in [3.8, 4) is 6.07 Å². The van der Waals surface area contributed by atoms with Crippen LogP contribution in [0.5, 0.6) is 0 Å². The molecule has 2 aromatic rings. The first-order valence-electron chi connectivity index (χ1n) is 6.43. The lowest BCUT2D eigenvalue weighted by Gasteiger charge is -2.07. The van der Waals surface area contributed by atoms with Crippen LogP contribution in [0.2, 0.25) is 0 Å². The summed E-state index contributed by atoms with van der Waals surface area (Å²) in [6.45, 7) is 1.44. The van der Waals surface area contributed by atoms with E-state index in [2.05, 4.69) is 0 Å². The fourth-order valence-corrected chi connectivity index (χ4v) is 2.04. The van der Waals surface area contributed by atoms with Gasteiger partial charge < -0.3 is 4.74 Å². The van der Waals surface area contributed by atoms with Crippen LogP contribution in [0.4, 0.5) is 5.69 Å². The van der Waals surface area contributed by atoms with E-state index in [1.165, 1.54) is 6.07 Å². The predicted molar refractivity (Wildman–Crippen MR) is 78.1 cm³/mol. The van der Waals surface area contributed by atoms with Gasteiger partial charge in [0.05, 0.1) is 16.6 Å². The second kappa shape index (κ2) is 6.50. The molecule has 0 aliphatic carbocycles. The Kier molecular flexibility index (Phi) is 4.49. The molecule has 0 fully saturated rings. The molecule has 0 unspecified atom stereocenters. The van der Waals surface area contributed by atoms with Crippen LogP contribution in [-0.2, 0) is 11.3 Å². The summed E-state index contributed by atoms with van der Waals surface area (Å²) in [5.41, 5.74) is 0.972. The van der Waals surface area contributed by atoms with Crippen LogP contribution in [0, 0.1) is 28.4 Å². The van der Waals surface area contributed by atoms with Gasteiger partial charge >= 0.3 is 5.97 Å². The van der Waals surface area contributed by atoms with Crippen LogP contribution in [0.15, 0.2) is 42.5 Å². The third kappa shape index (κ3) is 3.10. The highest BCUT2D eigenvalue weighted by atomic mass is 16.6. The van der Waals surface area contributed by atoms with E-state index in [9.17, 15) is 14.9 Å². The number of hydrogen-bond acceptors (Lipinski definition) is 5. The van der Waals surface area contributed by atoms with Gasteiger partial charge in [-0.15, -0.1) is 0 Å². The van der Waals surface area contributed by atoms with Gasteiger partial charge in [-0.1, -0.05) is 30.3 Å². The van der Waals surface area contributed by atoms with Crippen molar-refractivity contribution in [1.29, 1.82) is 5.26 Å². The molecule has 0 saturated heterocycles. The molecule has 0 aromatic heterocycles. The SMILES string of the molecule is Cc1cccc(C(=O)OCc2ccccc2C#N)c1[N+](=O)[O-]. The standard InChI is InChI=1S/C16H12N2O4/c1-11-5-4-8-14(15(11)18(20)21)16(19)22-10-13-7-3-2-6-12(13)9-17/h2-8H,10H2,1H3. The van der Waals surface area contributed by atoms with Gasteiger partial charge in [-0.05, 0) is 19.1 Å². The van der Waals surface area contributed by atoms with Crippen LogP contribution in [0.3, 0.4) is 0 Å². The van der Waals surface area contributed by atoms with Crippen molar-refractivity contribution in [1.82, 2.24) is 0 Å². The molecule has 0 radical (unpaired) electrons. The summed E-state index contributed by atoms with van der Waals surface area (Å²) in [6.07, 6.45) is 0. The first kappa shape index (κ1) is 15.2. The highest BCUT2D eigenvalue weighted by Gasteiger charge is 2.23. The molecule has 0 heterocycles. The number of hydrogen-bond donors (Lipinski definition) is 0. The Morgan fingerprint density at radius 3 is 2.68 bits per heavy atom. The molecule has 2 rings (SSSR count). The van der Waals surface area contributed by atoms with E-state index in [0.29, 0.717) is 16.7 Å². The van der Waals surface area contributed by atoms with E-state index in [4.69, 9.17) is 10.00 Å². The molecule has 6 heteroatoms. The first-order chi connectivity index (χ1) is 10.5. The van der Waals surface area contributed by atoms with Gasteiger partial charge in [0.25, 0.3) is 5.69 Å². The minimum absolute atomic E-state index is 0.0977. The van der Waals surface area contributed by atoms with Crippen molar-refractivity contribution >= 4 is 11.7 Å². The van der Waals surface area contributed by atoms with Crippen LogP contribution in [-0.4, -0.2) is 10.9 Å². The average molecular weight is 296 g/mol. The molecular weight excluding hydrogens is 284 g/mol. The Morgan fingerprint density at radius 1 is 1.27 bits per heavy atom. The Hall–Kier alpha value is -3.20. The third-order valence-electron chi connectivity index (χ3n) is 3.14. The lowest BCUT2D eigenvalue weighted by molar-refractivity contribution is -0.385. The maximum atomic E-state index is 12.1. The average Bonchev–Trinajstić information content (AvgIpc) is 2.52. The summed E-state index contributed by atoms with van der Waals surface area (Å²) in [5.74, 6) is -0.789. The van der Waals surface area contributed by atoms with Gasteiger partial charge in [-0.2, -0.15) is 5.26 Å². The number of nitrogens with zero attached hydrogens (tertiary/aromatic N) is 2. The molecule has 0 aliphatic heterocycles. The summed E-state index contributed by atoms with van der Waals surface area (Å²) in [7, 11) is 0. The van der Waals surface area contributed by atoms with Crippen LogP contribution >= 0.6 is 0 Å². The smallest absolute Gasteiger partial charge is 0.345 e. The molecule has 6 nitrogen and oxygen atoms in total. The van der Waals surface area contributed by atoms with Gasteiger partial charge in [0, 0.05) is 11.1 Å². The Morgan fingerprint density at radius 2 is 2.00 bits per heavy atom. The zero-order valence-corrected chi connectivity index (χ0v) is 11.8. The van der Waals surface area contributed by atoms with Crippen molar-refractivity contribution < 1.29 is 14.5 Å². The number of para-hydroxylation sites is 1. The number of nitro benzene ring substituents is 1. The molecule has 0 bridgehead atoms. The topological polar surface area (TPSA) is 93.2 Å². The van der Waals surface area contributed by atoms with Gasteiger partial charge in [0.1, 0.15) is 12.2 Å². The molecule has 22 heavy (non-hydrogen) atoms. The zero-order valence-electron chi connectivity index (χ0n) is 11.8. The number of nitro groups is 1. The summed E-state index contributed by atoms with van der Waals surface area (Å²) in [5, 5.41) is 20.1. The van der Waals surface area contributed by atoms with Gasteiger partial charge in [-0.3, -0.25) is 10.1 Å². The first-order valence-corrected chi connectivity index (χ1v) is 6.43. The van der Waals surface area contributed by atoms with Crippen LogP contribution < -0.4 is 0 Å². The quantitative estimate of drug-likeness (QED) is 0.491. The normalized spacial score (nSPS) is 9.82. The maximum Gasteiger partial charge on any atom is 0.345 e. The van der Waals surface area contributed by atoms with E-state index in [-0.39, 0.29) is 17.9 Å². The number of rotatable bonds is 4. The van der Waals surface area contributed by atoms with Crippen LogP contribution in [0.25, 0.3) is 0 Å². The zero-order chi connectivity index (χ0) is 16.1. The number of carbonyl (C=O) groups excluding carboxylic acids is 1. The molecule has 0 saturated carbocycles. The highest BCUT2D eigenvalue weighted by Crippen LogP contribution is 2.24. The molecule has 0 atom stereocenters. The van der Waals surface area contributed by atoms with E-state index < -0.39 is 10.9 Å². The van der Waals surface area contributed by atoms with Crippen molar-refractivity contribution in [3.05, 3.63) is 74.8 Å². The predicted octanol–water partition coefficient (Wildman–Crippen LogP) is 3.13. The molecule has 0 spiro atoms. The number of ether oxygens (including phenoxy) is 1. The maximum absolute atomic E-state index is 12.1. The monoisotopic (exact) mass is 296 g/mol. The van der Waals surface area contributed by atoms with Gasteiger partial charge in [0.2, 0.25) is 0 Å². The Labute approximate surface area is 126 Å². The molecule has 110 valence electrons. The van der Waals surface area contributed by atoms with Crippen LogP contribution in [0.1, 0.15) is 27.0 Å². The Balaban J connectivity index is 2.22. The van der Waals surface area contributed by atoms with E-state index in [1.807, 2.05) is 6.07 Å². The van der Waals surface area contributed by atoms with Crippen molar-refractivity contribution in [2.45, 2.75) is 13.5 Å². The molecule has 0 aliphatic rings. The third-order valence-corrected chi connectivity index (χ3v) is 3.14. The number of benzene rings is 2. The lowest BCUT2D eigenvalue weighted by atomic mass is 10.1. The second-order valence-electron chi connectivity index (χ2n) is 4.57. The largest absolute Gasteiger partial charge is 0.457 e. The Bertz CT molecular complexity index is 778. The van der Waals surface area contributed by atoms with E-state index in [0.717, 1.165) is 0 Å². The number of aryl methyl sites for hydroxylation is 1. The molecule has 2 aromatic carbocycles. The van der Waals surface area contributed by atoms with E-state index in [1.54, 1.807) is 43.3 Å².